The number of nitrogens with zero attached hydrogens (tertiary/aromatic N) is 1. The zero-order chi connectivity index (χ0) is 14.0. The summed E-state index contributed by atoms with van der Waals surface area (Å²) in [6, 6.07) is 1.87. The fourth-order valence-corrected chi connectivity index (χ4v) is 1.57. The number of aromatic nitrogens is 1. The van der Waals surface area contributed by atoms with E-state index in [0.717, 1.165) is 18.6 Å². The lowest BCUT2D eigenvalue weighted by molar-refractivity contribution is 0.116. The zero-order valence-electron chi connectivity index (χ0n) is 12.4. The van der Waals surface area contributed by atoms with Crippen LogP contribution in [0.1, 0.15) is 47.5 Å². The second-order valence-corrected chi connectivity index (χ2v) is 6.17. The normalized spacial score (nSPS) is 15.5. The molecule has 1 fully saturated rings. The van der Waals surface area contributed by atoms with Crippen LogP contribution in [-0.2, 0) is 0 Å². The minimum atomic E-state index is -0.297. The summed E-state index contributed by atoms with van der Waals surface area (Å²) in [5.41, 5.74) is -0.297. The van der Waals surface area contributed by atoms with Crippen molar-refractivity contribution in [2.24, 2.45) is 0 Å². The van der Waals surface area contributed by atoms with Gasteiger partial charge in [0.1, 0.15) is 11.4 Å². The Morgan fingerprint density at radius 2 is 1.95 bits per heavy atom. The summed E-state index contributed by atoms with van der Waals surface area (Å²) in [5, 5.41) is 0. The molecule has 0 aromatic carbocycles. The van der Waals surface area contributed by atoms with Gasteiger partial charge in [0.05, 0.1) is 18.4 Å². The maximum absolute atomic E-state index is 5.91. The van der Waals surface area contributed by atoms with Crippen LogP contribution < -0.4 is 14.2 Å². The predicted molar refractivity (Wildman–Crippen MR) is 74.0 cm³/mol. The molecule has 0 N–H and O–H groups in total. The van der Waals surface area contributed by atoms with Crippen molar-refractivity contribution < 1.29 is 14.2 Å². The molecule has 0 unspecified atom stereocenters. The van der Waals surface area contributed by atoms with E-state index in [4.69, 9.17) is 14.2 Å². The highest BCUT2D eigenvalue weighted by molar-refractivity contribution is 5.40. The maximum atomic E-state index is 5.91. The van der Waals surface area contributed by atoms with Crippen molar-refractivity contribution in [2.45, 2.75) is 65.3 Å². The molecule has 1 aliphatic carbocycles. The molecule has 0 amide bonds. The first-order chi connectivity index (χ1) is 8.83. The van der Waals surface area contributed by atoms with Gasteiger partial charge in [-0.05, 0) is 47.5 Å². The monoisotopic (exact) mass is 265 g/mol. The van der Waals surface area contributed by atoms with Gasteiger partial charge >= 0.3 is 0 Å². The topological polar surface area (TPSA) is 40.6 Å². The van der Waals surface area contributed by atoms with E-state index >= 15 is 0 Å². The quantitative estimate of drug-likeness (QED) is 0.815. The third-order valence-electron chi connectivity index (χ3n) is 2.38. The van der Waals surface area contributed by atoms with E-state index in [0.29, 0.717) is 17.7 Å². The smallest absolute Gasteiger partial charge is 0.257 e. The van der Waals surface area contributed by atoms with E-state index in [1.54, 1.807) is 6.20 Å². The van der Waals surface area contributed by atoms with Gasteiger partial charge in [0.25, 0.3) is 5.88 Å². The summed E-state index contributed by atoms with van der Waals surface area (Å²) in [5.74, 6) is 1.91. The lowest BCUT2D eigenvalue weighted by Crippen LogP contribution is -2.24. The Morgan fingerprint density at radius 1 is 1.26 bits per heavy atom. The molecular weight excluding hydrogens is 242 g/mol. The molecule has 0 aliphatic heterocycles. The number of hydrogen-bond acceptors (Lipinski definition) is 4. The van der Waals surface area contributed by atoms with E-state index < -0.39 is 0 Å². The van der Waals surface area contributed by atoms with E-state index in [1.165, 1.54) is 0 Å². The molecule has 0 saturated heterocycles. The van der Waals surface area contributed by atoms with Crippen molar-refractivity contribution >= 4 is 0 Å². The summed E-state index contributed by atoms with van der Waals surface area (Å²) in [4.78, 5) is 4.31. The van der Waals surface area contributed by atoms with Crippen LogP contribution in [0.4, 0.5) is 0 Å². The molecule has 2 rings (SSSR count). The number of pyridine rings is 1. The number of rotatable bonds is 5. The molecule has 1 aromatic heterocycles. The average Bonchev–Trinajstić information content (AvgIpc) is 3.03. The summed E-state index contributed by atoms with van der Waals surface area (Å²) in [7, 11) is 0. The molecule has 1 heterocycles. The van der Waals surface area contributed by atoms with Crippen LogP contribution in [0.5, 0.6) is 17.4 Å². The number of hydrogen-bond donors (Lipinski definition) is 0. The van der Waals surface area contributed by atoms with Gasteiger partial charge in [0, 0.05) is 6.07 Å². The SMILES string of the molecule is CC(C)Oc1ncc(OC2CC2)cc1OC(C)(C)C. The number of ether oxygens (including phenoxy) is 3. The highest BCUT2D eigenvalue weighted by Crippen LogP contribution is 2.34. The van der Waals surface area contributed by atoms with Crippen LogP contribution >= 0.6 is 0 Å². The minimum absolute atomic E-state index is 0.0602. The summed E-state index contributed by atoms with van der Waals surface area (Å²) in [6.45, 7) is 9.94. The highest BCUT2D eigenvalue weighted by Gasteiger charge is 2.25. The Morgan fingerprint density at radius 3 is 2.47 bits per heavy atom. The first kappa shape index (κ1) is 14.0. The fraction of sp³-hybridized carbons (Fsp3) is 0.667. The minimum Gasteiger partial charge on any atom is -0.489 e. The Kier molecular flexibility index (Phi) is 3.88. The Labute approximate surface area is 115 Å². The predicted octanol–water partition coefficient (Wildman–Crippen LogP) is 3.59. The van der Waals surface area contributed by atoms with Crippen molar-refractivity contribution in [2.75, 3.05) is 0 Å². The molecule has 0 spiro atoms. The third kappa shape index (κ3) is 4.62. The Balaban J connectivity index is 2.20. The fourth-order valence-electron chi connectivity index (χ4n) is 1.57. The Bertz CT molecular complexity index is 434. The van der Waals surface area contributed by atoms with Crippen LogP contribution in [0.3, 0.4) is 0 Å². The molecule has 1 saturated carbocycles. The van der Waals surface area contributed by atoms with Gasteiger partial charge < -0.3 is 14.2 Å². The van der Waals surface area contributed by atoms with Gasteiger partial charge in [-0.25, -0.2) is 4.98 Å². The molecule has 4 nitrogen and oxygen atoms in total. The van der Waals surface area contributed by atoms with Gasteiger partial charge in [-0.1, -0.05) is 0 Å². The molecule has 0 bridgehead atoms. The molecular formula is C15H23NO3. The van der Waals surface area contributed by atoms with Crippen LogP contribution in [0, 0.1) is 0 Å². The molecule has 4 heteroatoms. The lowest BCUT2D eigenvalue weighted by atomic mass is 10.2. The second kappa shape index (κ2) is 5.27. The molecule has 106 valence electrons. The summed E-state index contributed by atoms with van der Waals surface area (Å²) < 4.78 is 17.3. The van der Waals surface area contributed by atoms with Crippen molar-refractivity contribution in [3.8, 4) is 17.4 Å². The van der Waals surface area contributed by atoms with E-state index in [9.17, 15) is 0 Å². The van der Waals surface area contributed by atoms with E-state index in [-0.39, 0.29) is 11.7 Å². The van der Waals surface area contributed by atoms with Crippen LogP contribution in [0.2, 0.25) is 0 Å². The van der Waals surface area contributed by atoms with Crippen LogP contribution in [-0.4, -0.2) is 22.8 Å². The Hall–Kier alpha value is -1.45. The van der Waals surface area contributed by atoms with Crippen LogP contribution in [0.15, 0.2) is 12.3 Å². The lowest BCUT2D eigenvalue weighted by Gasteiger charge is -2.23. The molecule has 0 atom stereocenters. The largest absolute Gasteiger partial charge is 0.489 e. The molecule has 0 radical (unpaired) electrons. The molecule has 1 aromatic rings. The average molecular weight is 265 g/mol. The highest BCUT2D eigenvalue weighted by atomic mass is 16.5. The van der Waals surface area contributed by atoms with Gasteiger partial charge in [-0.3, -0.25) is 0 Å². The van der Waals surface area contributed by atoms with Crippen molar-refractivity contribution in [1.29, 1.82) is 0 Å². The zero-order valence-corrected chi connectivity index (χ0v) is 12.4. The van der Waals surface area contributed by atoms with Crippen molar-refractivity contribution in [3.05, 3.63) is 12.3 Å². The third-order valence-corrected chi connectivity index (χ3v) is 2.38. The van der Waals surface area contributed by atoms with Gasteiger partial charge in [-0.15, -0.1) is 0 Å². The first-order valence-electron chi connectivity index (χ1n) is 6.86. The standard InChI is InChI=1S/C15H23NO3/c1-10(2)17-14-13(19-15(3,4)5)8-12(9-16-14)18-11-6-7-11/h8-11H,6-7H2,1-5H3. The van der Waals surface area contributed by atoms with Crippen LogP contribution in [0.25, 0.3) is 0 Å². The summed E-state index contributed by atoms with van der Waals surface area (Å²) >= 11 is 0. The first-order valence-corrected chi connectivity index (χ1v) is 6.86. The van der Waals surface area contributed by atoms with Gasteiger partial charge in [0.15, 0.2) is 5.75 Å². The van der Waals surface area contributed by atoms with E-state index in [1.807, 2.05) is 40.7 Å². The van der Waals surface area contributed by atoms with Crippen molar-refractivity contribution in [1.82, 2.24) is 4.98 Å². The maximum Gasteiger partial charge on any atom is 0.257 e. The molecule has 1 aliphatic rings. The van der Waals surface area contributed by atoms with Gasteiger partial charge in [-0.2, -0.15) is 0 Å². The van der Waals surface area contributed by atoms with Gasteiger partial charge in [0.2, 0.25) is 0 Å². The molecule has 19 heavy (non-hydrogen) atoms. The second-order valence-electron chi connectivity index (χ2n) is 6.17. The van der Waals surface area contributed by atoms with E-state index in [2.05, 4.69) is 4.98 Å². The van der Waals surface area contributed by atoms with Crippen molar-refractivity contribution in [3.63, 3.8) is 0 Å². The summed E-state index contributed by atoms with van der Waals surface area (Å²) in [6.07, 6.45) is 4.36.